The Labute approximate surface area is 280 Å². The van der Waals surface area contributed by atoms with Gasteiger partial charge in [0.25, 0.3) is 0 Å². The molecule has 48 heavy (non-hydrogen) atoms. The van der Waals surface area contributed by atoms with E-state index in [2.05, 4.69) is 12.2 Å². The summed E-state index contributed by atoms with van der Waals surface area (Å²) in [7, 11) is 4.66. The molecule has 0 spiro atoms. The number of nitrogens with zero attached hydrogens (tertiary/aromatic N) is 1. The zero-order valence-corrected chi connectivity index (χ0v) is 27.9. The standard InChI is InChI=1S/C36H45N3O9/c1-5-6-13-48-14-7-12-38-18-19-8-11-26(47-4)22(15-19)21-9-10-25(40)28-23(21)16-20-17-24-30(39(2)3)32(42)29(35(37)45)34(44)36(24,46)33(43)27(20)31(28)41/h8-11,15,20,24,27,29-30,38,40,46H,5-7,12-14,16-18H2,1-4H3,(H2,37,45)/t20-,24-,27?,29?,30-,36-/m0/s1. The van der Waals surface area contributed by atoms with Gasteiger partial charge in [0, 0.05) is 31.2 Å². The molecule has 0 aromatic heterocycles. The maximum Gasteiger partial charge on any atom is 0.235 e. The van der Waals surface area contributed by atoms with E-state index in [4.69, 9.17) is 15.2 Å². The fraction of sp³-hybridized carbons (Fsp3) is 0.528. The van der Waals surface area contributed by atoms with Crippen LogP contribution >= 0.6 is 0 Å². The molecule has 258 valence electrons. The number of nitrogens with one attached hydrogen (secondary N) is 1. The van der Waals surface area contributed by atoms with Gasteiger partial charge in [0.05, 0.1) is 24.6 Å². The number of fused-ring (bicyclic) bond motifs is 3. The molecule has 2 aromatic carbocycles. The minimum atomic E-state index is -2.77. The lowest BCUT2D eigenvalue weighted by molar-refractivity contribution is -0.181. The van der Waals surface area contributed by atoms with E-state index in [0.29, 0.717) is 35.6 Å². The van der Waals surface area contributed by atoms with Crippen LogP contribution in [-0.4, -0.2) is 96.8 Å². The number of phenolic OH excluding ortho intramolecular Hbond substituents is 1. The predicted octanol–water partition coefficient (Wildman–Crippen LogP) is 1.84. The third-order valence-corrected chi connectivity index (χ3v) is 10.1. The Bertz CT molecular complexity index is 1620. The van der Waals surface area contributed by atoms with Gasteiger partial charge in [0.1, 0.15) is 11.5 Å². The fourth-order valence-corrected chi connectivity index (χ4v) is 7.81. The first-order valence-electron chi connectivity index (χ1n) is 16.5. The van der Waals surface area contributed by atoms with Gasteiger partial charge >= 0.3 is 0 Å². The van der Waals surface area contributed by atoms with Crippen LogP contribution in [0.5, 0.6) is 11.5 Å². The number of methoxy groups -OCH3 is 1. The maximum atomic E-state index is 14.2. The number of aromatic hydroxyl groups is 1. The van der Waals surface area contributed by atoms with Crippen molar-refractivity contribution in [1.29, 1.82) is 0 Å². The van der Waals surface area contributed by atoms with Crippen molar-refractivity contribution in [3.63, 3.8) is 0 Å². The first-order chi connectivity index (χ1) is 22.9. The Hall–Kier alpha value is -3.97. The summed E-state index contributed by atoms with van der Waals surface area (Å²) < 4.78 is 11.3. The van der Waals surface area contributed by atoms with Crippen molar-refractivity contribution >= 4 is 29.0 Å². The van der Waals surface area contributed by atoms with Gasteiger partial charge in [-0.1, -0.05) is 25.5 Å². The van der Waals surface area contributed by atoms with Crippen LogP contribution in [0.15, 0.2) is 30.3 Å². The summed E-state index contributed by atoms with van der Waals surface area (Å²) in [6.45, 7) is 4.91. The minimum Gasteiger partial charge on any atom is -0.507 e. The maximum absolute atomic E-state index is 14.2. The number of ketones is 4. The largest absolute Gasteiger partial charge is 0.507 e. The average Bonchev–Trinajstić information content (AvgIpc) is 3.03. The highest BCUT2D eigenvalue weighted by atomic mass is 16.5. The van der Waals surface area contributed by atoms with Crippen LogP contribution in [0.1, 0.15) is 54.1 Å². The van der Waals surface area contributed by atoms with E-state index in [1.54, 1.807) is 27.3 Å². The molecule has 5 rings (SSSR count). The third-order valence-electron chi connectivity index (χ3n) is 10.1. The molecule has 12 heteroatoms. The number of nitrogens with two attached hydrogens (primary N) is 1. The number of hydrogen-bond acceptors (Lipinski definition) is 11. The fourth-order valence-electron chi connectivity index (χ4n) is 7.81. The minimum absolute atomic E-state index is 0.0256. The molecule has 1 amide bonds. The van der Waals surface area contributed by atoms with Gasteiger partial charge in [-0.3, -0.25) is 28.9 Å². The molecular formula is C36H45N3O9. The van der Waals surface area contributed by atoms with Gasteiger partial charge in [0.15, 0.2) is 34.7 Å². The van der Waals surface area contributed by atoms with E-state index < -0.39 is 64.4 Å². The molecule has 0 heterocycles. The second-order valence-electron chi connectivity index (χ2n) is 13.3. The molecule has 12 nitrogen and oxygen atoms in total. The zero-order valence-electron chi connectivity index (χ0n) is 27.9. The highest BCUT2D eigenvalue weighted by molar-refractivity contribution is 6.32. The summed E-state index contributed by atoms with van der Waals surface area (Å²) in [6.07, 6.45) is 3.13. The summed E-state index contributed by atoms with van der Waals surface area (Å²) in [6, 6.07) is 7.67. The Balaban J connectivity index is 1.48. The van der Waals surface area contributed by atoms with Crippen molar-refractivity contribution in [3.05, 3.63) is 47.0 Å². The lowest BCUT2D eigenvalue weighted by Crippen LogP contribution is -2.74. The number of amides is 1. The number of likely N-dealkylation sites (N-methyl/N-ethyl adjacent to an activating group) is 1. The number of unbranched alkanes of at least 4 members (excludes halogenated alkanes) is 1. The van der Waals surface area contributed by atoms with E-state index in [1.807, 2.05) is 18.2 Å². The van der Waals surface area contributed by atoms with Gasteiger partial charge in [-0.2, -0.15) is 0 Å². The molecule has 0 aliphatic heterocycles. The topological polar surface area (TPSA) is 186 Å². The van der Waals surface area contributed by atoms with E-state index in [1.165, 1.54) is 11.0 Å². The number of aliphatic hydroxyl groups is 1. The summed E-state index contributed by atoms with van der Waals surface area (Å²) in [5, 5.41) is 26.2. The number of rotatable bonds is 13. The quantitative estimate of drug-likeness (QED) is 0.181. The molecule has 2 saturated carbocycles. The van der Waals surface area contributed by atoms with Crippen LogP contribution in [0.4, 0.5) is 0 Å². The lowest BCUT2D eigenvalue weighted by atomic mass is 9.52. The van der Waals surface area contributed by atoms with Crippen molar-refractivity contribution in [1.82, 2.24) is 10.2 Å². The summed E-state index contributed by atoms with van der Waals surface area (Å²) in [5.74, 6) is -10.3. The Morgan fingerprint density at radius 3 is 2.46 bits per heavy atom. The second kappa shape index (κ2) is 14.3. The molecule has 0 bridgehead atoms. The first-order valence-corrected chi connectivity index (χ1v) is 16.5. The van der Waals surface area contributed by atoms with E-state index in [-0.39, 0.29) is 24.2 Å². The zero-order chi connectivity index (χ0) is 34.9. The van der Waals surface area contributed by atoms with Gasteiger partial charge < -0.3 is 30.7 Å². The molecule has 5 N–H and O–H groups in total. The molecule has 2 aromatic rings. The Kier molecular flexibility index (Phi) is 10.5. The summed E-state index contributed by atoms with van der Waals surface area (Å²) >= 11 is 0. The second-order valence-corrected chi connectivity index (χ2v) is 13.3. The molecule has 2 fully saturated rings. The number of ether oxygens (including phenoxy) is 2. The smallest absolute Gasteiger partial charge is 0.235 e. The van der Waals surface area contributed by atoms with Crippen LogP contribution in [-0.2, 0) is 36.9 Å². The van der Waals surface area contributed by atoms with Crippen LogP contribution in [0, 0.1) is 23.7 Å². The van der Waals surface area contributed by atoms with Crippen LogP contribution < -0.4 is 15.8 Å². The Morgan fingerprint density at radius 1 is 1.06 bits per heavy atom. The number of phenols is 1. The van der Waals surface area contributed by atoms with E-state index in [9.17, 15) is 34.2 Å². The van der Waals surface area contributed by atoms with Crippen molar-refractivity contribution in [2.24, 2.45) is 29.4 Å². The number of carbonyl (C=O) groups is 5. The average molecular weight is 664 g/mol. The molecule has 3 aliphatic carbocycles. The van der Waals surface area contributed by atoms with Gasteiger partial charge in [0.2, 0.25) is 5.91 Å². The number of benzene rings is 2. The highest BCUT2D eigenvalue weighted by Gasteiger charge is 2.69. The van der Waals surface area contributed by atoms with Crippen LogP contribution in [0.25, 0.3) is 11.1 Å². The van der Waals surface area contributed by atoms with Gasteiger partial charge in [-0.25, -0.2) is 0 Å². The summed E-state index contributed by atoms with van der Waals surface area (Å²) in [4.78, 5) is 68.9. The summed E-state index contributed by atoms with van der Waals surface area (Å²) in [5.41, 5.74) is 5.39. The normalized spacial score (nSPS) is 26.7. The number of hydrogen-bond donors (Lipinski definition) is 4. The van der Waals surface area contributed by atoms with Crippen LogP contribution in [0.2, 0.25) is 0 Å². The monoisotopic (exact) mass is 663 g/mol. The van der Waals surface area contributed by atoms with Crippen molar-refractivity contribution in [2.45, 2.75) is 57.2 Å². The molecule has 3 aliphatic rings. The van der Waals surface area contributed by atoms with E-state index >= 15 is 0 Å². The molecular weight excluding hydrogens is 618 g/mol. The predicted molar refractivity (Wildman–Crippen MR) is 175 cm³/mol. The SMILES string of the molecule is CCCCOCCCNCc1ccc(OC)c(-c2ccc(O)c3c2C[C@H]2C[C@H]4[C@H](N(C)C)C(=O)C(C(N)=O)C(=O)[C@@]4(O)C(=O)C2C3=O)c1. The van der Waals surface area contributed by atoms with Crippen molar-refractivity contribution in [2.75, 3.05) is 41.0 Å². The molecule has 6 atom stereocenters. The lowest BCUT2D eigenvalue weighted by Gasteiger charge is -2.52. The molecule has 0 saturated heterocycles. The van der Waals surface area contributed by atoms with Crippen LogP contribution in [0.3, 0.4) is 0 Å². The van der Waals surface area contributed by atoms with Crippen molar-refractivity contribution < 1.29 is 43.7 Å². The first kappa shape index (κ1) is 35.3. The van der Waals surface area contributed by atoms with Gasteiger partial charge in [-0.05, 0) is 87.1 Å². The molecule has 0 radical (unpaired) electrons. The van der Waals surface area contributed by atoms with E-state index in [0.717, 1.165) is 38.0 Å². The number of Topliss-reactive ketones (excluding diaryl/α,β-unsaturated/α-hetero) is 4. The third kappa shape index (κ3) is 6.06. The Morgan fingerprint density at radius 2 is 1.79 bits per heavy atom. The van der Waals surface area contributed by atoms with Crippen molar-refractivity contribution in [3.8, 4) is 22.6 Å². The van der Waals surface area contributed by atoms with Gasteiger partial charge in [-0.15, -0.1) is 0 Å². The number of primary amides is 1. The number of carbonyl (C=O) groups excluding carboxylic acids is 5. The molecule has 2 unspecified atom stereocenters. The highest BCUT2D eigenvalue weighted by Crippen LogP contribution is 2.52.